The summed E-state index contributed by atoms with van der Waals surface area (Å²) in [5.41, 5.74) is 5.92. The average molecular weight is 279 g/mol. The van der Waals surface area contributed by atoms with E-state index in [0.29, 0.717) is 5.75 Å². The highest BCUT2D eigenvalue weighted by Crippen LogP contribution is 2.24. The van der Waals surface area contributed by atoms with E-state index in [1.54, 1.807) is 6.92 Å². The van der Waals surface area contributed by atoms with Crippen molar-refractivity contribution in [3.05, 3.63) is 36.0 Å². The molecule has 7 heteroatoms. The Hall–Kier alpha value is -2.57. The zero-order valence-electron chi connectivity index (χ0n) is 11.1. The number of imidazole rings is 1. The Labute approximate surface area is 114 Å². The van der Waals surface area contributed by atoms with E-state index in [2.05, 4.69) is 4.98 Å². The number of methoxy groups -OCH3 is 1. The van der Waals surface area contributed by atoms with E-state index in [9.17, 15) is 9.18 Å². The van der Waals surface area contributed by atoms with Crippen LogP contribution in [0, 0.1) is 5.82 Å². The van der Waals surface area contributed by atoms with Gasteiger partial charge in [0.2, 0.25) is 0 Å². The van der Waals surface area contributed by atoms with Crippen molar-refractivity contribution in [3.63, 3.8) is 0 Å². The fraction of sp³-hybridized carbons (Fsp3) is 0.231. The SMILES string of the molecule is CCOC(=O)c1ncn(-c2cc(OC)ccc2F)c1N. The highest BCUT2D eigenvalue weighted by molar-refractivity contribution is 5.92. The van der Waals surface area contributed by atoms with E-state index in [1.165, 1.54) is 36.2 Å². The van der Waals surface area contributed by atoms with E-state index in [4.69, 9.17) is 15.2 Å². The number of aromatic nitrogens is 2. The van der Waals surface area contributed by atoms with Crippen LogP contribution in [0.25, 0.3) is 5.69 Å². The van der Waals surface area contributed by atoms with Crippen molar-refractivity contribution in [2.75, 3.05) is 19.5 Å². The van der Waals surface area contributed by atoms with Crippen LogP contribution in [0.3, 0.4) is 0 Å². The van der Waals surface area contributed by atoms with Crippen molar-refractivity contribution >= 4 is 11.8 Å². The standard InChI is InChI=1S/C13H14FN3O3/c1-3-20-13(18)11-12(15)17(7-16-11)10-6-8(19-2)4-5-9(10)14/h4-7H,3,15H2,1-2H3. The molecule has 0 aliphatic heterocycles. The largest absolute Gasteiger partial charge is 0.497 e. The quantitative estimate of drug-likeness (QED) is 0.863. The van der Waals surface area contributed by atoms with Crippen LogP contribution < -0.4 is 10.5 Å². The molecule has 0 spiro atoms. The molecule has 106 valence electrons. The topological polar surface area (TPSA) is 79.4 Å². The highest BCUT2D eigenvalue weighted by Gasteiger charge is 2.19. The predicted molar refractivity (Wildman–Crippen MR) is 70.4 cm³/mol. The van der Waals surface area contributed by atoms with E-state index in [1.807, 2.05) is 0 Å². The van der Waals surface area contributed by atoms with E-state index >= 15 is 0 Å². The molecule has 0 radical (unpaired) electrons. The number of nitrogen functional groups attached to an aromatic ring is 1. The number of hydrogen-bond acceptors (Lipinski definition) is 5. The molecule has 2 rings (SSSR count). The van der Waals surface area contributed by atoms with Crippen molar-refractivity contribution in [3.8, 4) is 11.4 Å². The minimum absolute atomic E-state index is 0.00982. The van der Waals surface area contributed by atoms with Crippen LogP contribution in [-0.4, -0.2) is 29.2 Å². The monoisotopic (exact) mass is 279 g/mol. The van der Waals surface area contributed by atoms with Crippen LogP contribution in [-0.2, 0) is 4.74 Å². The lowest BCUT2D eigenvalue weighted by Gasteiger charge is -2.08. The second-order valence-electron chi connectivity index (χ2n) is 3.89. The zero-order chi connectivity index (χ0) is 14.7. The fourth-order valence-corrected chi connectivity index (χ4v) is 1.71. The second-order valence-corrected chi connectivity index (χ2v) is 3.89. The maximum absolute atomic E-state index is 13.9. The van der Waals surface area contributed by atoms with Gasteiger partial charge in [-0.25, -0.2) is 14.2 Å². The van der Waals surface area contributed by atoms with Gasteiger partial charge in [0, 0.05) is 6.07 Å². The maximum Gasteiger partial charge on any atom is 0.360 e. The molecular weight excluding hydrogens is 265 g/mol. The molecule has 1 aromatic heterocycles. The number of hydrogen-bond donors (Lipinski definition) is 1. The third kappa shape index (κ3) is 2.42. The van der Waals surface area contributed by atoms with Gasteiger partial charge < -0.3 is 15.2 Å². The molecule has 1 heterocycles. The summed E-state index contributed by atoms with van der Waals surface area (Å²) < 4.78 is 25.0. The van der Waals surface area contributed by atoms with E-state index in [0.717, 1.165) is 0 Å². The average Bonchev–Trinajstić information content (AvgIpc) is 2.81. The molecular formula is C13H14FN3O3. The van der Waals surface area contributed by atoms with Gasteiger partial charge in [0.15, 0.2) is 5.69 Å². The van der Waals surface area contributed by atoms with Gasteiger partial charge >= 0.3 is 5.97 Å². The first-order valence-electron chi connectivity index (χ1n) is 5.92. The van der Waals surface area contributed by atoms with Crippen LogP contribution in [0.15, 0.2) is 24.5 Å². The number of ether oxygens (including phenoxy) is 2. The van der Waals surface area contributed by atoms with Gasteiger partial charge in [-0.1, -0.05) is 0 Å². The number of anilines is 1. The van der Waals surface area contributed by atoms with Crippen molar-refractivity contribution in [2.45, 2.75) is 6.92 Å². The Morgan fingerprint density at radius 2 is 2.25 bits per heavy atom. The fourth-order valence-electron chi connectivity index (χ4n) is 1.71. The summed E-state index contributed by atoms with van der Waals surface area (Å²) in [7, 11) is 1.47. The van der Waals surface area contributed by atoms with Crippen LogP contribution in [0.4, 0.5) is 10.2 Å². The van der Waals surface area contributed by atoms with E-state index in [-0.39, 0.29) is 23.8 Å². The first kappa shape index (κ1) is 13.9. The van der Waals surface area contributed by atoms with E-state index < -0.39 is 11.8 Å². The highest BCUT2D eigenvalue weighted by atomic mass is 19.1. The number of benzene rings is 1. The second kappa shape index (κ2) is 5.60. The molecule has 2 aromatic rings. The van der Waals surface area contributed by atoms with Gasteiger partial charge in [-0.2, -0.15) is 0 Å². The number of nitrogens with zero attached hydrogens (tertiary/aromatic N) is 2. The molecule has 20 heavy (non-hydrogen) atoms. The van der Waals surface area contributed by atoms with Crippen LogP contribution in [0.5, 0.6) is 5.75 Å². The molecule has 0 bridgehead atoms. The summed E-state index contributed by atoms with van der Waals surface area (Å²) in [6.45, 7) is 1.88. The molecule has 0 aliphatic carbocycles. The normalized spacial score (nSPS) is 10.3. The van der Waals surface area contributed by atoms with Gasteiger partial charge in [-0.3, -0.25) is 4.57 Å². The predicted octanol–water partition coefficient (Wildman–Crippen LogP) is 1.78. The molecule has 0 unspecified atom stereocenters. The Morgan fingerprint density at radius 3 is 2.90 bits per heavy atom. The van der Waals surface area contributed by atoms with Gasteiger partial charge in [-0.05, 0) is 19.1 Å². The lowest BCUT2D eigenvalue weighted by Crippen LogP contribution is -2.10. The molecule has 0 aliphatic rings. The summed E-state index contributed by atoms with van der Waals surface area (Å²) in [6, 6.07) is 4.19. The number of carbonyl (C=O) groups is 1. The van der Waals surface area contributed by atoms with Gasteiger partial charge in [-0.15, -0.1) is 0 Å². The number of carbonyl (C=O) groups excluding carboxylic acids is 1. The lowest BCUT2D eigenvalue weighted by atomic mass is 10.2. The van der Waals surface area contributed by atoms with Crippen LogP contribution in [0.2, 0.25) is 0 Å². The Morgan fingerprint density at radius 1 is 1.50 bits per heavy atom. The van der Waals surface area contributed by atoms with Crippen molar-refractivity contribution in [1.82, 2.24) is 9.55 Å². The van der Waals surface area contributed by atoms with Crippen LogP contribution >= 0.6 is 0 Å². The molecule has 1 aromatic carbocycles. The van der Waals surface area contributed by atoms with Gasteiger partial charge in [0.1, 0.15) is 23.7 Å². The minimum atomic E-state index is -0.646. The number of rotatable bonds is 4. The Kier molecular flexibility index (Phi) is 3.88. The van der Waals surface area contributed by atoms with Crippen molar-refractivity contribution in [2.24, 2.45) is 0 Å². The van der Waals surface area contributed by atoms with Crippen molar-refractivity contribution < 1.29 is 18.7 Å². The molecule has 6 nitrogen and oxygen atoms in total. The number of esters is 1. The number of nitrogens with two attached hydrogens (primary N) is 1. The summed E-state index contributed by atoms with van der Waals surface area (Å²) in [5.74, 6) is -0.680. The number of halogens is 1. The molecule has 0 fully saturated rings. The third-order valence-electron chi connectivity index (χ3n) is 2.69. The Bertz CT molecular complexity index is 640. The maximum atomic E-state index is 13.9. The van der Waals surface area contributed by atoms with Gasteiger partial charge in [0.05, 0.1) is 19.4 Å². The summed E-state index contributed by atoms with van der Waals surface area (Å²) in [6.07, 6.45) is 1.26. The van der Waals surface area contributed by atoms with Crippen LogP contribution in [0.1, 0.15) is 17.4 Å². The summed E-state index contributed by atoms with van der Waals surface area (Å²) >= 11 is 0. The molecule has 0 atom stereocenters. The lowest BCUT2D eigenvalue weighted by molar-refractivity contribution is 0.0521. The third-order valence-corrected chi connectivity index (χ3v) is 2.69. The molecule has 2 N–H and O–H groups in total. The van der Waals surface area contributed by atoms with Crippen molar-refractivity contribution in [1.29, 1.82) is 0 Å². The zero-order valence-corrected chi connectivity index (χ0v) is 11.1. The summed E-state index contributed by atoms with van der Waals surface area (Å²) in [5, 5.41) is 0. The minimum Gasteiger partial charge on any atom is -0.497 e. The summed E-state index contributed by atoms with van der Waals surface area (Å²) in [4.78, 5) is 15.5. The molecule has 0 saturated carbocycles. The Balaban J connectivity index is 2.46. The smallest absolute Gasteiger partial charge is 0.360 e. The van der Waals surface area contributed by atoms with Gasteiger partial charge in [0.25, 0.3) is 0 Å². The molecule has 0 saturated heterocycles. The molecule has 0 amide bonds. The first-order chi connectivity index (χ1) is 9.58. The first-order valence-corrected chi connectivity index (χ1v) is 5.92.